The van der Waals surface area contributed by atoms with Crippen molar-refractivity contribution in [3.63, 3.8) is 0 Å². The Bertz CT molecular complexity index is 236. The van der Waals surface area contributed by atoms with Crippen LogP contribution in [0.4, 0.5) is 13.2 Å². The quantitative estimate of drug-likeness (QED) is 0.657. The zero-order chi connectivity index (χ0) is 10.1. The Hall–Kier alpha value is -1.07. The van der Waals surface area contributed by atoms with Gasteiger partial charge in [-0.15, -0.1) is 0 Å². The zero-order valence-electron chi connectivity index (χ0n) is 6.71. The van der Waals surface area contributed by atoms with E-state index < -0.39 is 23.9 Å². The molecule has 13 heavy (non-hydrogen) atoms. The first kappa shape index (κ1) is 10.0. The number of primary amides is 1. The van der Waals surface area contributed by atoms with Crippen molar-refractivity contribution in [1.82, 2.24) is 0 Å². The molecule has 3 nitrogen and oxygen atoms in total. The highest BCUT2D eigenvalue weighted by Crippen LogP contribution is 2.35. The number of carbonyl (C=O) groups excluding carboxylic acids is 1. The molecule has 1 rings (SSSR count). The van der Waals surface area contributed by atoms with Gasteiger partial charge in [0.1, 0.15) is 0 Å². The second-order valence-corrected chi connectivity index (χ2v) is 2.92. The molecular weight excluding hydrogens is 185 g/mol. The molecule has 0 spiro atoms. The van der Waals surface area contributed by atoms with Crippen LogP contribution in [0.15, 0.2) is 4.99 Å². The van der Waals surface area contributed by atoms with Gasteiger partial charge in [0.05, 0.1) is 11.8 Å². The lowest BCUT2D eigenvalue weighted by molar-refractivity contribution is -0.186. The number of halogens is 3. The standard InChI is InChI=1S/C7H9F3N2O/c8-7(9,10)5-1-2-12-3-4(5)6(11)13/h3-5H,1-2H2,(H2,11,13)/t4?,5-/m0/s1. The summed E-state index contributed by atoms with van der Waals surface area (Å²) in [6.45, 7) is 0.105. The van der Waals surface area contributed by atoms with E-state index in [-0.39, 0.29) is 13.0 Å². The molecule has 0 saturated heterocycles. The van der Waals surface area contributed by atoms with E-state index in [2.05, 4.69) is 4.99 Å². The Morgan fingerprint density at radius 1 is 1.54 bits per heavy atom. The molecule has 0 fully saturated rings. The van der Waals surface area contributed by atoms with Crippen LogP contribution in [0.2, 0.25) is 0 Å². The number of hydrogen-bond donors (Lipinski definition) is 1. The molecule has 1 aliphatic rings. The summed E-state index contributed by atoms with van der Waals surface area (Å²) in [5, 5.41) is 0. The molecule has 1 aliphatic heterocycles. The molecule has 6 heteroatoms. The molecule has 1 amide bonds. The normalized spacial score (nSPS) is 28.8. The summed E-state index contributed by atoms with van der Waals surface area (Å²) in [6.07, 6.45) is -3.52. The first-order valence-electron chi connectivity index (χ1n) is 3.79. The van der Waals surface area contributed by atoms with Crippen molar-refractivity contribution < 1.29 is 18.0 Å². The molecule has 0 saturated carbocycles. The Balaban J connectivity index is 2.84. The second kappa shape index (κ2) is 3.35. The summed E-state index contributed by atoms with van der Waals surface area (Å²) in [6, 6.07) is 0. The minimum Gasteiger partial charge on any atom is -0.369 e. The van der Waals surface area contributed by atoms with Crippen molar-refractivity contribution in [3.05, 3.63) is 0 Å². The van der Waals surface area contributed by atoms with Crippen LogP contribution in [0.3, 0.4) is 0 Å². The lowest BCUT2D eigenvalue weighted by Crippen LogP contribution is -2.41. The first-order chi connectivity index (χ1) is 5.93. The fraction of sp³-hybridized carbons (Fsp3) is 0.714. The summed E-state index contributed by atoms with van der Waals surface area (Å²) < 4.78 is 36.8. The van der Waals surface area contributed by atoms with Crippen molar-refractivity contribution in [1.29, 1.82) is 0 Å². The largest absolute Gasteiger partial charge is 0.393 e. The number of carbonyl (C=O) groups is 1. The summed E-state index contributed by atoms with van der Waals surface area (Å²) in [5.41, 5.74) is 4.82. The highest BCUT2D eigenvalue weighted by atomic mass is 19.4. The summed E-state index contributed by atoms with van der Waals surface area (Å²) in [7, 11) is 0. The van der Waals surface area contributed by atoms with Crippen LogP contribution in [-0.2, 0) is 4.79 Å². The van der Waals surface area contributed by atoms with E-state index in [1.54, 1.807) is 0 Å². The number of hydrogen-bond acceptors (Lipinski definition) is 2. The van der Waals surface area contributed by atoms with Crippen LogP contribution < -0.4 is 5.73 Å². The molecule has 0 aliphatic carbocycles. The topological polar surface area (TPSA) is 55.5 Å². The molecular formula is C7H9F3N2O. The minimum atomic E-state index is -4.37. The summed E-state index contributed by atoms with van der Waals surface area (Å²) in [5.74, 6) is -3.93. The van der Waals surface area contributed by atoms with Crippen LogP contribution in [0, 0.1) is 11.8 Å². The molecule has 2 atom stereocenters. The molecule has 1 unspecified atom stereocenters. The fourth-order valence-corrected chi connectivity index (χ4v) is 1.32. The maximum atomic E-state index is 12.3. The Kier molecular flexibility index (Phi) is 2.58. The third-order valence-corrected chi connectivity index (χ3v) is 2.02. The number of aliphatic imine (C=N–C) groups is 1. The van der Waals surface area contributed by atoms with E-state index >= 15 is 0 Å². The van der Waals surface area contributed by atoms with Gasteiger partial charge in [0.25, 0.3) is 0 Å². The van der Waals surface area contributed by atoms with Crippen LogP contribution >= 0.6 is 0 Å². The van der Waals surface area contributed by atoms with Crippen LogP contribution in [0.5, 0.6) is 0 Å². The summed E-state index contributed by atoms with van der Waals surface area (Å²) in [4.78, 5) is 14.3. The molecule has 1 heterocycles. The molecule has 0 bridgehead atoms. The van der Waals surface area contributed by atoms with Gasteiger partial charge in [-0.05, 0) is 6.42 Å². The Morgan fingerprint density at radius 3 is 2.54 bits per heavy atom. The zero-order valence-corrected chi connectivity index (χ0v) is 6.71. The van der Waals surface area contributed by atoms with Gasteiger partial charge in [0, 0.05) is 12.8 Å². The van der Waals surface area contributed by atoms with E-state index in [1.165, 1.54) is 0 Å². The number of amides is 1. The highest BCUT2D eigenvalue weighted by Gasteiger charge is 2.46. The smallest absolute Gasteiger partial charge is 0.369 e. The molecule has 0 aromatic carbocycles. The van der Waals surface area contributed by atoms with Gasteiger partial charge in [-0.25, -0.2) is 0 Å². The lowest BCUT2D eigenvalue weighted by atomic mass is 9.87. The van der Waals surface area contributed by atoms with Crippen molar-refractivity contribution >= 4 is 12.1 Å². The van der Waals surface area contributed by atoms with Crippen molar-refractivity contribution in [2.75, 3.05) is 6.54 Å². The van der Waals surface area contributed by atoms with Crippen LogP contribution in [-0.4, -0.2) is 24.8 Å². The molecule has 0 aromatic heterocycles. The van der Waals surface area contributed by atoms with E-state index in [9.17, 15) is 18.0 Å². The van der Waals surface area contributed by atoms with Gasteiger partial charge < -0.3 is 5.73 Å². The predicted octanol–water partition coefficient (Wildman–Crippen LogP) is 0.741. The van der Waals surface area contributed by atoms with E-state index in [1.807, 2.05) is 0 Å². The van der Waals surface area contributed by atoms with Gasteiger partial charge in [0.15, 0.2) is 0 Å². The first-order valence-corrected chi connectivity index (χ1v) is 3.79. The maximum absolute atomic E-state index is 12.3. The lowest BCUT2D eigenvalue weighted by Gasteiger charge is -2.26. The molecule has 2 N–H and O–H groups in total. The molecule has 0 aromatic rings. The third kappa shape index (κ3) is 2.19. The van der Waals surface area contributed by atoms with E-state index in [0.717, 1.165) is 6.21 Å². The molecule has 74 valence electrons. The Morgan fingerprint density at radius 2 is 2.15 bits per heavy atom. The number of nitrogens with zero attached hydrogens (tertiary/aromatic N) is 1. The van der Waals surface area contributed by atoms with E-state index in [0.29, 0.717) is 0 Å². The van der Waals surface area contributed by atoms with Crippen molar-refractivity contribution in [2.45, 2.75) is 12.6 Å². The average molecular weight is 194 g/mol. The van der Waals surface area contributed by atoms with Crippen LogP contribution in [0.1, 0.15) is 6.42 Å². The van der Waals surface area contributed by atoms with Crippen molar-refractivity contribution in [3.8, 4) is 0 Å². The Labute approximate surface area is 72.8 Å². The number of nitrogens with two attached hydrogens (primary N) is 1. The third-order valence-electron chi connectivity index (χ3n) is 2.02. The monoisotopic (exact) mass is 194 g/mol. The van der Waals surface area contributed by atoms with Gasteiger partial charge >= 0.3 is 6.18 Å². The maximum Gasteiger partial charge on any atom is 0.393 e. The van der Waals surface area contributed by atoms with E-state index in [4.69, 9.17) is 5.73 Å². The number of alkyl halides is 3. The van der Waals surface area contributed by atoms with Gasteiger partial charge in [-0.3, -0.25) is 9.79 Å². The SMILES string of the molecule is NC(=O)C1C=NCC[C@@H]1C(F)(F)F. The van der Waals surface area contributed by atoms with Gasteiger partial charge in [0.2, 0.25) is 5.91 Å². The average Bonchev–Trinajstić information content (AvgIpc) is 2.03. The second-order valence-electron chi connectivity index (χ2n) is 2.92. The predicted molar refractivity (Wildman–Crippen MR) is 40.2 cm³/mol. The minimum absolute atomic E-state index is 0.105. The van der Waals surface area contributed by atoms with Gasteiger partial charge in [-0.1, -0.05) is 0 Å². The van der Waals surface area contributed by atoms with Crippen LogP contribution in [0.25, 0.3) is 0 Å². The molecule has 0 radical (unpaired) electrons. The fourth-order valence-electron chi connectivity index (χ4n) is 1.32. The van der Waals surface area contributed by atoms with Crippen molar-refractivity contribution in [2.24, 2.45) is 22.6 Å². The van der Waals surface area contributed by atoms with Gasteiger partial charge in [-0.2, -0.15) is 13.2 Å². The summed E-state index contributed by atoms with van der Waals surface area (Å²) >= 11 is 0. The number of rotatable bonds is 1. The highest BCUT2D eigenvalue weighted by molar-refractivity contribution is 5.93.